The van der Waals surface area contributed by atoms with Gasteiger partial charge in [-0.2, -0.15) is 35.1 Å². The predicted molar refractivity (Wildman–Crippen MR) is 92.7 cm³/mol. The van der Waals surface area contributed by atoms with Crippen molar-refractivity contribution >= 4 is 22.6 Å². The first-order valence-electron chi connectivity index (χ1n) is 7.54. The Kier molecular flexibility index (Phi) is 5.79. The number of aryl methyl sites for hydroxylation is 2. The van der Waals surface area contributed by atoms with Crippen LogP contribution in [0.3, 0.4) is 0 Å². The lowest BCUT2D eigenvalue weighted by Crippen LogP contribution is -2.60. The van der Waals surface area contributed by atoms with Crippen LogP contribution in [0.5, 0.6) is 0 Å². The summed E-state index contributed by atoms with van der Waals surface area (Å²) in [5.41, 5.74) is -9.04. The molecule has 0 bridgehead atoms. The Morgan fingerprint density at radius 2 is 1.36 bits per heavy atom. The molecule has 0 aliphatic carbocycles. The average Bonchev–Trinajstić information content (AvgIpc) is 2.52. The molecular weight excluding hydrogens is 514 g/mol. The zero-order valence-electron chi connectivity index (χ0n) is 14.2. The Bertz CT molecular complexity index is 884. The van der Waals surface area contributed by atoms with Gasteiger partial charge in [0.1, 0.15) is 0 Å². The van der Waals surface area contributed by atoms with E-state index in [4.69, 9.17) is 0 Å². The van der Waals surface area contributed by atoms with Crippen LogP contribution in [0.15, 0.2) is 30.3 Å². The van der Waals surface area contributed by atoms with Crippen molar-refractivity contribution in [2.75, 3.05) is 0 Å². The third-order valence-electron chi connectivity index (χ3n) is 4.08. The van der Waals surface area contributed by atoms with Crippen LogP contribution >= 0.6 is 22.6 Å². The van der Waals surface area contributed by atoms with Crippen LogP contribution < -0.4 is 0 Å². The second-order valence-corrected chi connectivity index (χ2v) is 7.24. The van der Waals surface area contributed by atoms with Gasteiger partial charge in [0.05, 0.1) is 0 Å². The van der Waals surface area contributed by atoms with Crippen molar-refractivity contribution in [3.8, 4) is 11.1 Å². The molecule has 1 radical (unpaired) electrons. The maximum absolute atomic E-state index is 15.1. The lowest BCUT2D eigenvalue weighted by Gasteiger charge is -2.37. The van der Waals surface area contributed by atoms with Crippen LogP contribution in [0, 0.1) is 23.5 Å². The van der Waals surface area contributed by atoms with Gasteiger partial charge in [-0.25, -0.2) is 4.39 Å². The van der Waals surface area contributed by atoms with Gasteiger partial charge in [-0.05, 0) is 70.8 Å². The minimum Gasteiger partial charge on any atom is -0.221 e. The van der Waals surface area contributed by atoms with Crippen LogP contribution in [-0.2, 0) is 5.67 Å². The van der Waals surface area contributed by atoms with Crippen LogP contribution in [0.25, 0.3) is 11.1 Å². The van der Waals surface area contributed by atoms with Gasteiger partial charge in [-0.3, -0.25) is 0 Å². The van der Waals surface area contributed by atoms with Crippen molar-refractivity contribution < 1.29 is 39.5 Å². The third kappa shape index (κ3) is 3.48. The summed E-state index contributed by atoms with van der Waals surface area (Å²) in [6, 6.07) is 8.32. The van der Waals surface area contributed by atoms with E-state index >= 15 is 4.39 Å². The monoisotopic (exact) mass is 525 g/mol. The van der Waals surface area contributed by atoms with E-state index in [0.29, 0.717) is 6.07 Å². The highest BCUT2D eigenvalue weighted by Crippen LogP contribution is 2.60. The Morgan fingerprint density at radius 3 is 1.82 bits per heavy atom. The smallest absolute Gasteiger partial charge is 0.221 e. The van der Waals surface area contributed by atoms with E-state index in [1.54, 1.807) is 22.6 Å². The number of rotatable bonds is 3. The SMILES string of the molecule is Cc1[c]c(C)c(-c2ccccc2I)c(C(F)(C(F)(F)F)C(F)(F)C(F)(F)F)c1. The van der Waals surface area contributed by atoms with Gasteiger partial charge in [0.2, 0.25) is 0 Å². The minimum absolute atomic E-state index is 0.115. The molecule has 0 aliphatic rings. The summed E-state index contributed by atoms with van der Waals surface area (Å²) in [4.78, 5) is 0. The zero-order chi connectivity index (χ0) is 21.7. The number of hydrogen-bond donors (Lipinski definition) is 0. The van der Waals surface area contributed by atoms with Crippen molar-refractivity contribution in [1.82, 2.24) is 0 Å². The Balaban J connectivity index is 3.04. The molecule has 0 amide bonds. The van der Waals surface area contributed by atoms with Gasteiger partial charge in [0.15, 0.2) is 0 Å². The standard InChI is InChI=1S/C18H11F9I/c1-9-7-10(2)14(11-5-3-4-6-13(11)28)12(8-9)15(19,17(22,23)24)16(20,21)18(25,26)27/h3-6,8H,1-2H3. The molecule has 153 valence electrons. The van der Waals surface area contributed by atoms with E-state index < -0.39 is 35.1 Å². The molecule has 0 fully saturated rings. The van der Waals surface area contributed by atoms with Crippen molar-refractivity contribution in [2.24, 2.45) is 0 Å². The molecule has 0 saturated heterocycles. The number of hydrogen-bond acceptors (Lipinski definition) is 0. The van der Waals surface area contributed by atoms with Crippen LogP contribution in [0.2, 0.25) is 0 Å². The highest BCUT2D eigenvalue weighted by molar-refractivity contribution is 14.1. The van der Waals surface area contributed by atoms with Crippen molar-refractivity contribution in [3.63, 3.8) is 0 Å². The summed E-state index contributed by atoms with van der Waals surface area (Å²) in [6.45, 7) is 2.29. The Morgan fingerprint density at radius 1 is 0.821 bits per heavy atom. The average molecular weight is 525 g/mol. The molecule has 2 rings (SSSR count). The number of benzene rings is 2. The summed E-state index contributed by atoms with van der Waals surface area (Å²) in [7, 11) is 0. The van der Waals surface area contributed by atoms with Gasteiger partial charge in [0.25, 0.3) is 0 Å². The van der Waals surface area contributed by atoms with Crippen LogP contribution in [-0.4, -0.2) is 18.3 Å². The predicted octanol–water partition coefficient (Wildman–Crippen LogP) is 7.30. The lowest BCUT2D eigenvalue weighted by molar-refractivity contribution is -0.389. The molecule has 0 heterocycles. The Labute approximate surface area is 167 Å². The number of alkyl halides is 9. The third-order valence-corrected chi connectivity index (χ3v) is 5.02. The highest BCUT2D eigenvalue weighted by Gasteiger charge is 2.82. The summed E-state index contributed by atoms with van der Waals surface area (Å²) in [5.74, 6) is -6.73. The van der Waals surface area contributed by atoms with Gasteiger partial charge in [-0.1, -0.05) is 24.3 Å². The van der Waals surface area contributed by atoms with Gasteiger partial charge in [0, 0.05) is 9.13 Å². The second-order valence-electron chi connectivity index (χ2n) is 6.07. The fourth-order valence-electron chi connectivity index (χ4n) is 2.86. The maximum Gasteiger partial charge on any atom is 0.457 e. The molecule has 0 N–H and O–H groups in total. The van der Waals surface area contributed by atoms with Crippen molar-refractivity contribution in [1.29, 1.82) is 0 Å². The molecule has 0 saturated carbocycles. The molecule has 0 spiro atoms. The van der Waals surface area contributed by atoms with Crippen LogP contribution in [0.1, 0.15) is 16.7 Å². The van der Waals surface area contributed by atoms with E-state index in [0.717, 1.165) is 13.8 Å². The maximum atomic E-state index is 15.1. The minimum atomic E-state index is -6.78. The van der Waals surface area contributed by atoms with Crippen LogP contribution in [0.4, 0.5) is 39.5 Å². The van der Waals surface area contributed by atoms with Crippen molar-refractivity contribution in [3.05, 3.63) is 56.7 Å². The summed E-state index contributed by atoms with van der Waals surface area (Å²) in [6.07, 6.45) is -13.3. The van der Waals surface area contributed by atoms with Gasteiger partial charge in [-0.15, -0.1) is 0 Å². The first kappa shape index (κ1) is 22.8. The fraction of sp³-hybridized carbons (Fsp3) is 0.333. The first-order chi connectivity index (χ1) is 12.6. The molecule has 1 unspecified atom stereocenters. The topological polar surface area (TPSA) is 0 Å². The van der Waals surface area contributed by atoms with E-state index in [-0.39, 0.29) is 20.3 Å². The Hall–Kier alpha value is -1.46. The first-order valence-corrected chi connectivity index (χ1v) is 8.62. The summed E-state index contributed by atoms with van der Waals surface area (Å²) < 4.78 is 122. The molecular formula is C18H11F9I. The van der Waals surface area contributed by atoms with Gasteiger partial charge < -0.3 is 0 Å². The van der Waals surface area contributed by atoms with E-state index in [1.165, 1.54) is 24.3 Å². The largest absolute Gasteiger partial charge is 0.457 e. The highest BCUT2D eigenvalue weighted by atomic mass is 127. The lowest BCUT2D eigenvalue weighted by atomic mass is 9.80. The molecule has 0 aromatic heterocycles. The molecule has 2 aromatic carbocycles. The fourth-order valence-corrected chi connectivity index (χ4v) is 3.52. The van der Waals surface area contributed by atoms with Gasteiger partial charge >= 0.3 is 23.9 Å². The quantitative estimate of drug-likeness (QED) is 0.292. The summed E-state index contributed by atoms with van der Waals surface area (Å²) in [5, 5.41) is 0. The molecule has 2 aromatic rings. The number of halogens is 10. The van der Waals surface area contributed by atoms with E-state index in [9.17, 15) is 35.1 Å². The zero-order valence-corrected chi connectivity index (χ0v) is 16.3. The molecule has 10 heteroatoms. The normalized spacial score (nSPS) is 15.4. The molecule has 0 nitrogen and oxygen atoms in total. The molecule has 1 atom stereocenters. The molecule has 28 heavy (non-hydrogen) atoms. The van der Waals surface area contributed by atoms with Crippen molar-refractivity contribution in [2.45, 2.75) is 37.8 Å². The second kappa shape index (κ2) is 7.10. The van der Waals surface area contributed by atoms with E-state index in [2.05, 4.69) is 6.07 Å². The summed E-state index contributed by atoms with van der Waals surface area (Å²) >= 11 is 1.66. The van der Waals surface area contributed by atoms with E-state index in [1.807, 2.05) is 0 Å². The molecule has 0 aliphatic heterocycles.